The summed E-state index contributed by atoms with van der Waals surface area (Å²) in [4.78, 5) is 24.9. The van der Waals surface area contributed by atoms with Crippen LogP contribution in [-0.2, 0) is 20.7 Å². The third-order valence-electron chi connectivity index (χ3n) is 1.79. The van der Waals surface area contributed by atoms with E-state index in [9.17, 15) is 9.59 Å². The van der Waals surface area contributed by atoms with Crippen LogP contribution in [0.4, 0.5) is 0 Å². The van der Waals surface area contributed by atoms with Gasteiger partial charge in [-0.1, -0.05) is 0 Å². The Bertz CT molecular complexity index is 342. The highest BCUT2D eigenvalue weighted by Crippen LogP contribution is 2.09. The quantitative estimate of drug-likeness (QED) is 0.717. The van der Waals surface area contributed by atoms with Crippen molar-refractivity contribution in [1.29, 1.82) is 0 Å². The van der Waals surface area contributed by atoms with Gasteiger partial charge in [-0.25, -0.2) is 4.79 Å². The third kappa shape index (κ3) is 2.12. The molecule has 1 aromatic heterocycles. The molecule has 1 heterocycles. The van der Waals surface area contributed by atoms with Crippen molar-refractivity contribution in [3.63, 3.8) is 0 Å². The number of hydrogen-bond donors (Lipinski definition) is 1. The van der Waals surface area contributed by atoms with E-state index in [1.807, 2.05) is 0 Å². The van der Waals surface area contributed by atoms with Gasteiger partial charge in [-0.15, -0.1) is 0 Å². The van der Waals surface area contributed by atoms with Crippen LogP contribution < -0.4 is 0 Å². The van der Waals surface area contributed by atoms with Gasteiger partial charge in [-0.3, -0.25) is 4.79 Å². The molecule has 0 amide bonds. The molecule has 0 spiro atoms. The molecule has 0 bridgehead atoms. The second-order valence-corrected chi connectivity index (χ2v) is 2.61. The molecule has 0 aromatic carbocycles. The van der Waals surface area contributed by atoms with Crippen molar-refractivity contribution in [2.45, 2.75) is 6.42 Å². The van der Waals surface area contributed by atoms with Crippen LogP contribution in [0.1, 0.15) is 16.1 Å². The molecule has 0 saturated carbocycles. The zero-order valence-corrected chi connectivity index (χ0v) is 7.99. The van der Waals surface area contributed by atoms with E-state index in [2.05, 4.69) is 14.5 Å². The minimum Gasteiger partial charge on any atom is -0.469 e. The molecule has 0 saturated heterocycles. The highest BCUT2D eigenvalue weighted by atomic mass is 16.5. The number of carbonyl (C=O) groups is 2. The van der Waals surface area contributed by atoms with Crippen LogP contribution in [0.25, 0.3) is 0 Å². The maximum atomic E-state index is 11.2. The van der Waals surface area contributed by atoms with Gasteiger partial charge < -0.3 is 14.5 Å². The van der Waals surface area contributed by atoms with E-state index >= 15 is 0 Å². The van der Waals surface area contributed by atoms with Gasteiger partial charge in [-0.2, -0.15) is 0 Å². The Morgan fingerprint density at radius 3 is 2.64 bits per heavy atom. The molecule has 76 valence electrons. The van der Waals surface area contributed by atoms with Crippen molar-refractivity contribution in [3.05, 3.63) is 23.5 Å². The number of H-pyrrole nitrogens is 1. The van der Waals surface area contributed by atoms with Crippen molar-refractivity contribution in [2.75, 3.05) is 14.2 Å². The summed E-state index contributed by atoms with van der Waals surface area (Å²) in [6.45, 7) is 0. The Hall–Kier alpha value is -1.78. The number of ether oxygens (including phenoxy) is 2. The molecule has 0 aliphatic rings. The van der Waals surface area contributed by atoms with E-state index < -0.39 is 11.9 Å². The highest BCUT2D eigenvalue weighted by molar-refractivity contribution is 5.92. The Morgan fingerprint density at radius 1 is 1.36 bits per heavy atom. The van der Waals surface area contributed by atoms with Crippen molar-refractivity contribution in [2.24, 2.45) is 0 Å². The fraction of sp³-hybridized carbons (Fsp3) is 0.333. The maximum Gasteiger partial charge on any atom is 0.339 e. The number of hydrogen-bond acceptors (Lipinski definition) is 4. The van der Waals surface area contributed by atoms with Gasteiger partial charge in [0.05, 0.1) is 26.2 Å². The molecule has 0 unspecified atom stereocenters. The normalized spacial score (nSPS) is 9.57. The Morgan fingerprint density at radius 2 is 2.07 bits per heavy atom. The van der Waals surface area contributed by atoms with Crippen molar-refractivity contribution in [1.82, 2.24) is 4.98 Å². The van der Waals surface area contributed by atoms with Crippen LogP contribution in [0.3, 0.4) is 0 Å². The molecule has 1 rings (SSSR count). The molecule has 0 atom stereocenters. The van der Waals surface area contributed by atoms with E-state index in [-0.39, 0.29) is 6.42 Å². The lowest BCUT2D eigenvalue weighted by Gasteiger charge is -2.00. The molecule has 5 nitrogen and oxygen atoms in total. The lowest BCUT2D eigenvalue weighted by molar-refractivity contribution is -0.139. The molecule has 14 heavy (non-hydrogen) atoms. The fourth-order valence-corrected chi connectivity index (χ4v) is 1.07. The number of aromatic amines is 1. The minimum atomic E-state index is -0.467. The van der Waals surface area contributed by atoms with Gasteiger partial charge in [0.25, 0.3) is 0 Å². The fourth-order valence-electron chi connectivity index (χ4n) is 1.07. The van der Waals surface area contributed by atoms with E-state index in [0.29, 0.717) is 11.3 Å². The summed E-state index contributed by atoms with van der Waals surface area (Å²) < 4.78 is 9.02. The number of aromatic nitrogens is 1. The standard InChI is InChI=1S/C9H11NO4/c1-13-8(11)5-7-6(3-4-10-7)9(12)14-2/h3-4,10H,5H2,1-2H3. The second kappa shape index (κ2) is 4.45. The van der Waals surface area contributed by atoms with Crippen molar-refractivity contribution < 1.29 is 19.1 Å². The zero-order chi connectivity index (χ0) is 10.6. The molecular weight excluding hydrogens is 186 g/mol. The number of nitrogens with one attached hydrogen (secondary N) is 1. The maximum absolute atomic E-state index is 11.2. The van der Waals surface area contributed by atoms with Crippen LogP contribution >= 0.6 is 0 Å². The predicted molar refractivity (Wildman–Crippen MR) is 47.9 cm³/mol. The average Bonchev–Trinajstić information content (AvgIpc) is 2.64. The first-order valence-corrected chi connectivity index (χ1v) is 4.00. The molecule has 1 aromatic rings. The summed E-state index contributed by atoms with van der Waals surface area (Å²) in [5, 5.41) is 0. The van der Waals surface area contributed by atoms with Gasteiger partial charge in [0.2, 0.25) is 0 Å². The second-order valence-electron chi connectivity index (χ2n) is 2.61. The molecule has 0 aliphatic carbocycles. The molecule has 5 heteroatoms. The number of esters is 2. The average molecular weight is 197 g/mol. The van der Waals surface area contributed by atoms with Crippen LogP contribution in [0.5, 0.6) is 0 Å². The first kappa shape index (κ1) is 10.3. The number of methoxy groups -OCH3 is 2. The van der Waals surface area contributed by atoms with E-state index in [1.165, 1.54) is 14.2 Å². The van der Waals surface area contributed by atoms with Crippen molar-refractivity contribution in [3.8, 4) is 0 Å². The summed E-state index contributed by atoms with van der Waals surface area (Å²) in [5.74, 6) is -0.872. The molecule has 1 N–H and O–H groups in total. The summed E-state index contributed by atoms with van der Waals surface area (Å²) >= 11 is 0. The SMILES string of the molecule is COC(=O)Cc1[nH]ccc1C(=O)OC. The van der Waals surface area contributed by atoms with E-state index in [0.717, 1.165) is 0 Å². The molecular formula is C9H11NO4. The largest absolute Gasteiger partial charge is 0.469 e. The van der Waals surface area contributed by atoms with Crippen LogP contribution in [0.15, 0.2) is 12.3 Å². The summed E-state index contributed by atoms with van der Waals surface area (Å²) in [5.41, 5.74) is 0.863. The smallest absolute Gasteiger partial charge is 0.339 e. The van der Waals surface area contributed by atoms with Crippen LogP contribution in [-0.4, -0.2) is 31.1 Å². The van der Waals surface area contributed by atoms with Gasteiger partial charge in [0, 0.05) is 11.9 Å². The Labute approximate surface area is 81.0 Å². The van der Waals surface area contributed by atoms with Crippen LogP contribution in [0.2, 0.25) is 0 Å². The lowest BCUT2D eigenvalue weighted by Crippen LogP contribution is -2.10. The molecule has 0 radical (unpaired) electrons. The lowest BCUT2D eigenvalue weighted by atomic mass is 10.2. The first-order valence-electron chi connectivity index (χ1n) is 4.00. The number of rotatable bonds is 3. The number of carbonyl (C=O) groups excluding carboxylic acids is 2. The molecule has 0 fully saturated rings. The highest BCUT2D eigenvalue weighted by Gasteiger charge is 2.15. The summed E-state index contributed by atoms with van der Waals surface area (Å²) in [6, 6.07) is 1.56. The summed E-state index contributed by atoms with van der Waals surface area (Å²) in [6.07, 6.45) is 1.61. The summed E-state index contributed by atoms with van der Waals surface area (Å²) in [7, 11) is 2.58. The minimum absolute atomic E-state index is 0.0356. The first-order chi connectivity index (χ1) is 6.69. The van der Waals surface area contributed by atoms with Gasteiger partial charge >= 0.3 is 11.9 Å². The Kier molecular flexibility index (Phi) is 3.28. The topological polar surface area (TPSA) is 68.4 Å². The Balaban J connectivity index is 2.82. The molecule has 0 aliphatic heterocycles. The third-order valence-corrected chi connectivity index (χ3v) is 1.79. The van der Waals surface area contributed by atoms with Gasteiger partial charge in [0.15, 0.2) is 0 Å². The van der Waals surface area contributed by atoms with Gasteiger partial charge in [0.1, 0.15) is 0 Å². The van der Waals surface area contributed by atoms with E-state index in [1.54, 1.807) is 12.3 Å². The van der Waals surface area contributed by atoms with Crippen LogP contribution in [0, 0.1) is 0 Å². The monoisotopic (exact) mass is 197 g/mol. The van der Waals surface area contributed by atoms with E-state index in [4.69, 9.17) is 0 Å². The predicted octanol–water partition coefficient (Wildman–Crippen LogP) is 0.517. The van der Waals surface area contributed by atoms with Gasteiger partial charge in [-0.05, 0) is 6.07 Å². The zero-order valence-electron chi connectivity index (χ0n) is 7.99. The van der Waals surface area contributed by atoms with Crippen molar-refractivity contribution >= 4 is 11.9 Å².